The number of benzene rings is 1. The van der Waals surface area contributed by atoms with Crippen LogP contribution in [-0.4, -0.2) is 22.4 Å². The van der Waals surface area contributed by atoms with Crippen LogP contribution in [0.25, 0.3) is 0 Å². The Labute approximate surface area is 127 Å². The highest BCUT2D eigenvalue weighted by atomic mass is 35.6. The van der Waals surface area contributed by atoms with Crippen molar-refractivity contribution in [2.45, 2.75) is 16.4 Å². The molecule has 1 aromatic rings. The van der Waals surface area contributed by atoms with Gasteiger partial charge in [0.1, 0.15) is 6.17 Å². The molecule has 0 spiro atoms. The molecule has 0 saturated heterocycles. The van der Waals surface area contributed by atoms with Crippen LogP contribution in [0.2, 0.25) is 0 Å². The van der Waals surface area contributed by atoms with E-state index in [-0.39, 0.29) is 12.3 Å². The number of hydrogen-bond donors (Lipinski definition) is 2. The molecule has 104 valence electrons. The first-order valence-electron chi connectivity index (χ1n) is 5.67. The van der Waals surface area contributed by atoms with Crippen LogP contribution in [0.3, 0.4) is 0 Å². The van der Waals surface area contributed by atoms with E-state index in [1.54, 1.807) is 6.08 Å². The van der Waals surface area contributed by atoms with Crippen LogP contribution < -0.4 is 10.6 Å². The Morgan fingerprint density at radius 2 is 1.95 bits per heavy atom. The lowest BCUT2D eigenvalue weighted by molar-refractivity contribution is -0.121. The molecule has 0 unspecified atom stereocenters. The minimum Gasteiger partial charge on any atom is -0.336 e. The standard InChI is InChI=1S/C13H15Cl3N2O/c1-2-8-17-12(13(14,15)16)18-11(19)9-10-6-4-3-5-7-10/h2-7,12,17H,1,8-9H2,(H,18,19)/t12-/m0/s1. The van der Waals surface area contributed by atoms with E-state index >= 15 is 0 Å². The number of rotatable bonds is 6. The van der Waals surface area contributed by atoms with E-state index in [9.17, 15) is 4.79 Å². The summed E-state index contributed by atoms with van der Waals surface area (Å²) in [5, 5.41) is 5.53. The van der Waals surface area contributed by atoms with Gasteiger partial charge in [0.25, 0.3) is 0 Å². The quantitative estimate of drug-likeness (QED) is 0.480. The van der Waals surface area contributed by atoms with E-state index in [2.05, 4.69) is 17.2 Å². The Morgan fingerprint density at radius 3 is 2.47 bits per heavy atom. The molecular weight excluding hydrogens is 307 g/mol. The van der Waals surface area contributed by atoms with E-state index in [0.29, 0.717) is 6.54 Å². The van der Waals surface area contributed by atoms with E-state index < -0.39 is 9.96 Å². The van der Waals surface area contributed by atoms with E-state index in [0.717, 1.165) is 5.56 Å². The average Bonchev–Trinajstić information content (AvgIpc) is 2.34. The summed E-state index contributed by atoms with van der Waals surface area (Å²) in [5.74, 6) is -0.223. The predicted molar refractivity (Wildman–Crippen MR) is 80.6 cm³/mol. The predicted octanol–water partition coefficient (Wildman–Crippen LogP) is 2.82. The molecular formula is C13H15Cl3N2O. The lowest BCUT2D eigenvalue weighted by Gasteiger charge is -2.26. The number of carbonyl (C=O) groups is 1. The molecule has 0 aromatic heterocycles. The fourth-order valence-corrected chi connectivity index (χ4v) is 1.84. The second-order valence-corrected chi connectivity index (χ2v) is 6.27. The molecule has 1 atom stereocenters. The Balaban J connectivity index is 2.58. The molecule has 2 N–H and O–H groups in total. The summed E-state index contributed by atoms with van der Waals surface area (Å²) in [6.45, 7) is 3.98. The summed E-state index contributed by atoms with van der Waals surface area (Å²) in [7, 11) is 0. The maximum absolute atomic E-state index is 11.9. The van der Waals surface area contributed by atoms with E-state index in [1.807, 2.05) is 30.3 Å². The third-order valence-corrected chi connectivity index (χ3v) is 2.96. The van der Waals surface area contributed by atoms with Gasteiger partial charge in [0.2, 0.25) is 9.70 Å². The average molecular weight is 322 g/mol. The molecule has 19 heavy (non-hydrogen) atoms. The first-order chi connectivity index (χ1) is 8.93. The number of halogens is 3. The highest BCUT2D eigenvalue weighted by molar-refractivity contribution is 6.68. The van der Waals surface area contributed by atoms with Gasteiger partial charge in [0.05, 0.1) is 6.42 Å². The summed E-state index contributed by atoms with van der Waals surface area (Å²) in [5.41, 5.74) is 0.895. The summed E-state index contributed by atoms with van der Waals surface area (Å²) in [4.78, 5) is 11.9. The van der Waals surface area contributed by atoms with E-state index in [4.69, 9.17) is 34.8 Å². The zero-order valence-electron chi connectivity index (χ0n) is 10.2. The molecule has 0 bridgehead atoms. The zero-order chi connectivity index (χ0) is 14.3. The molecule has 1 aromatic carbocycles. The maximum atomic E-state index is 11.9. The van der Waals surface area contributed by atoms with Crippen LogP contribution in [0, 0.1) is 0 Å². The number of amides is 1. The minimum absolute atomic E-state index is 0.223. The lowest BCUT2D eigenvalue weighted by Crippen LogP contribution is -2.53. The van der Waals surface area contributed by atoms with Gasteiger partial charge >= 0.3 is 0 Å². The van der Waals surface area contributed by atoms with Gasteiger partial charge in [-0.15, -0.1) is 6.58 Å². The maximum Gasteiger partial charge on any atom is 0.225 e. The molecule has 3 nitrogen and oxygen atoms in total. The molecule has 0 aliphatic rings. The molecule has 1 amide bonds. The van der Waals surface area contributed by atoms with Crippen molar-refractivity contribution >= 4 is 40.7 Å². The van der Waals surface area contributed by atoms with Gasteiger partial charge in [0, 0.05) is 6.54 Å². The van der Waals surface area contributed by atoms with Gasteiger partial charge in [-0.1, -0.05) is 71.2 Å². The second kappa shape index (κ2) is 7.75. The molecule has 0 radical (unpaired) electrons. The molecule has 0 heterocycles. The van der Waals surface area contributed by atoms with Crippen molar-refractivity contribution in [2.24, 2.45) is 0 Å². The van der Waals surface area contributed by atoms with Crippen molar-refractivity contribution in [3.63, 3.8) is 0 Å². The first kappa shape index (κ1) is 16.3. The van der Waals surface area contributed by atoms with Crippen LogP contribution in [0.1, 0.15) is 5.56 Å². The number of alkyl halides is 3. The summed E-state index contributed by atoms with van der Waals surface area (Å²) in [6, 6.07) is 9.34. The van der Waals surface area contributed by atoms with Gasteiger partial charge in [-0.3, -0.25) is 10.1 Å². The largest absolute Gasteiger partial charge is 0.336 e. The van der Waals surface area contributed by atoms with Crippen molar-refractivity contribution in [1.82, 2.24) is 10.6 Å². The Morgan fingerprint density at radius 1 is 1.32 bits per heavy atom. The number of nitrogens with one attached hydrogen (secondary N) is 2. The highest BCUT2D eigenvalue weighted by Crippen LogP contribution is 2.29. The Bertz CT molecular complexity index is 418. The molecule has 6 heteroatoms. The second-order valence-electron chi connectivity index (χ2n) is 3.90. The lowest BCUT2D eigenvalue weighted by atomic mass is 10.1. The summed E-state index contributed by atoms with van der Waals surface area (Å²) < 4.78 is -1.63. The van der Waals surface area contributed by atoms with Gasteiger partial charge in [-0.2, -0.15) is 0 Å². The van der Waals surface area contributed by atoms with E-state index in [1.165, 1.54) is 0 Å². The van der Waals surface area contributed by atoms with Crippen LogP contribution in [0.4, 0.5) is 0 Å². The third-order valence-electron chi connectivity index (χ3n) is 2.31. The van der Waals surface area contributed by atoms with Crippen molar-refractivity contribution in [3.8, 4) is 0 Å². The number of carbonyl (C=O) groups excluding carboxylic acids is 1. The molecule has 0 fully saturated rings. The zero-order valence-corrected chi connectivity index (χ0v) is 12.5. The van der Waals surface area contributed by atoms with Crippen LogP contribution >= 0.6 is 34.8 Å². The summed E-state index contributed by atoms with van der Waals surface area (Å²) >= 11 is 17.4. The Hall–Kier alpha value is -0.740. The number of hydrogen-bond acceptors (Lipinski definition) is 2. The molecule has 0 saturated carbocycles. The molecule has 0 aliphatic heterocycles. The monoisotopic (exact) mass is 320 g/mol. The fourth-order valence-electron chi connectivity index (χ4n) is 1.44. The first-order valence-corrected chi connectivity index (χ1v) is 6.81. The van der Waals surface area contributed by atoms with Crippen molar-refractivity contribution < 1.29 is 4.79 Å². The van der Waals surface area contributed by atoms with Crippen LogP contribution in [-0.2, 0) is 11.2 Å². The topological polar surface area (TPSA) is 41.1 Å². The van der Waals surface area contributed by atoms with Crippen molar-refractivity contribution in [1.29, 1.82) is 0 Å². The highest BCUT2D eigenvalue weighted by Gasteiger charge is 2.33. The smallest absolute Gasteiger partial charge is 0.225 e. The minimum atomic E-state index is -1.63. The van der Waals surface area contributed by atoms with Gasteiger partial charge in [-0.05, 0) is 5.56 Å². The SMILES string of the molecule is C=CCN[C@@H](NC(=O)Cc1ccccc1)C(Cl)(Cl)Cl. The Kier molecular flexibility index (Phi) is 6.66. The summed E-state index contributed by atoms with van der Waals surface area (Å²) in [6.07, 6.45) is 1.08. The van der Waals surface area contributed by atoms with Gasteiger partial charge in [0.15, 0.2) is 0 Å². The van der Waals surface area contributed by atoms with Crippen LogP contribution in [0.15, 0.2) is 43.0 Å². The molecule has 1 rings (SSSR count). The van der Waals surface area contributed by atoms with Gasteiger partial charge < -0.3 is 5.32 Å². The van der Waals surface area contributed by atoms with Crippen molar-refractivity contribution in [2.75, 3.05) is 6.54 Å². The normalized spacial score (nSPS) is 12.8. The van der Waals surface area contributed by atoms with Crippen molar-refractivity contribution in [3.05, 3.63) is 48.6 Å². The molecule has 0 aliphatic carbocycles. The van der Waals surface area contributed by atoms with Crippen LogP contribution in [0.5, 0.6) is 0 Å². The fraction of sp³-hybridized carbons (Fsp3) is 0.308. The van der Waals surface area contributed by atoms with Gasteiger partial charge in [-0.25, -0.2) is 0 Å². The third kappa shape index (κ3) is 6.30.